The molecule has 2 aromatic rings. The van der Waals surface area contributed by atoms with Crippen molar-refractivity contribution in [1.29, 1.82) is 0 Å². The minimum Gasteiger partial charge on any atom is -0.381 e. The van der Waals surface area contributed by atoms with Crippen LogP contribution >= 0.6 is 0 Å². The van der Waals surface area contributed by atoms with Crippen molar-refractivity contribution >= 4 is 5.91 Å². The van der Waals surface area contributed by atoms with Gasteiger partial charge in [0.25, 0.3) is 0 Å². The SMILES string of the molecule is O=C(Cc1ccc(-n2cnnn2)cc1)NCC1(CN2CCCCC2)CCOCC1. The van der Waals surface area contributed by atoms with Crippen LogP contribution in [0.4, 0.5) is 0 Å². The Morgan fingerprint density at radius 3 is 2.55 bits per heavy atom. The number of amides is 1. The highest BCUT2D eigenvalue weighted by atomic mass is 16.5. The van der Waals surface area contributed by atoms with Crippen LogP contribution in [0.3, 0.4) is 0 Å². The molecule has 0 aliphatic carbocycles. The Kier molecular flexibility index (Phi) is 6.51. The molecule has 0 saturated carbocycles. The van der Waals surface area contributed by atoms with Gasteiger partial charge in [-0.25, -0.2) is 4.68 Å². The van der Waals surface area contributed by atoms with Gasteiger partial charge in [-0.1, -0.05) is 18.6 Å². The molecular formula is C21H30N6O2. The van der Waals surface area contributed by atoms with Crippen LogP contribution in [-0.2, 0) is 16.0 Å². The molecule has 0 spiro atoms. The largest absolute Gasteiger partial charge is 0.381 e. The summed E-state index contributed by atoms with van der Waals surface area (Å²) in [5.74, 6) is 0.0738. The zero-order valence-electron chi connectivity index (χ0n) is 16.9. The summed E-state index contributed by atoms with van der Waals surface area (Å²) >= 11 is 0. The highest BCUT2D eigenvalue weighted by Gasteiger charge is 2.35. The summed E-state index contributed by atoms with van der Waals surface area (Å²) in [6.45, 7) is 5.75. The average molecular weight is 399 g/mol. The third-order valence-corrected chi connectivity index (χ3v) is 6.14. The standard InChI is InChI=1S/C21H30N6O2/c28-20(14-18-4-6-19(7-5-18)27-17-23-24-25-27)22-15-21(8-12-29-13-9-21)16-26-10-2-1-3-11-26/h4-7,17H,1-3,8-16H2,(H,22,28). The van der Waals surface area contributed by atoms with Crippen molar-refractivity contribution < 1.29 is 9.53 Å². The number of nitrogens with zero attached hydrogens (tertiary/aromatic N) is 5. The topological polar surface area (TPSA) is 85.2 Å². The first kappa shape index (κ1) is 20.0. The normalized spacial score (nSPS) is 19.7. The first-order valence-electron chi connectivity index (χ1n) is 10.6. The number of hydrogen-bond acceptors (Lipinski definition) is 6. The smallest absolute Gasteiger partial charge is 0.224 e. The molecule has 3 heterocycles. The highest BCUT2D eigenvalue weighted by molar-refractivity contribution is 5.78. The summed E-state index contributed by atoms with van der Waals surface area (Å²) in [7, 11) is 0. The van der Waals surface area contributed by atoms with Crippen molar-refractivity contribution in [2.45, 2.75) is 38.5 Å². The Morgan fingerprint density at radius 2 is 1.86 bits per heavy atom. The number of benzene rings is 1. The van der Waals surface area contributed by atoms with Gasteiger partial charge in [0.05, 0.1) is 12.1 Å². The van der Waals surface area contributed by atoms with Gasteiger partial charge in [0.2, 0.25) is 5.91 Å². The first-order valence-corrected chi connectivity index (χ1v) is 10.6. The number of piperidine rings is 1. The lowest BCUT2D eigenvalue weighted by atomic mass is 9.79. The van der Waals surface area contributed by atoms with Crippen LogP contribution in [0.25, 0.3) is 5.69 Å². The number of hydrogen-bond donors (Lipinski definition) is 1. The molecule has 2 saturated heterocycles. The number of carbonyl (C=O) groups is 1. The van der Waals surface area contributed by atoms with Crippen LogP contribution in [-0.4, -0.2) is 70.4 Å². The number of likely N-dealkylation sites (tertiary alicyclic amines) is 1. The van der Waals surface area contributed by atoms with Crippen molar-refractivity contribution in [2.24, 2.45) is 5.41 Å². The molecular weight excluding hydrogens is 368 g/mol. The molecule has 0 atom stereocenters. The number of rotatable bonds is 7. The zero-order valence-corrected chi connectivity index (χ0v) is 16.9. The van der Waals surface area contributed by atoms with Gasteiger partial charge < -0.3 is 15.0 Å². The molecule has 8 heteroatoms. The summed E-state index contributed by atoms with van der Waals surface area (Å²) in [5.41, 5.74) is 1.99. The summed E-state index contributed by atoms with van der Waals surface area (Å²) in [6, 6.07) is 7.76. The molecule has 0 bridgehead atoms. The van der Waals surface area contributed by atoms with Crippen LogP contribution < -0.4 is 5.32 Å². The van der Waals surface area contributed by atoms with E-state index in [-0.39, 0.29) is 11.3 Å². The zero-order chi connectivity index (χ0) is 19.9. The molecule has 156 valence electrons. The summed E-state index contributed by atoms with van der Waals surface area (Å²) in [6.07, 6.45) is 7.90. The van der Waals surface area contributed by atoms with E-state index in [1.54, 1.807) is 11.0 Å². The molecule has 1 N–H and O–H groups in total. The monoisotopic (exact) mass is 398 g/mol. The Bertz CT molecular complexity index is 765. The third-order valence-electron chi connectivity index (χ3n) is 6.14. The van der Waals surface area contributed by atoms with Crippen molar-refractivity contribution in [1.82, 2.24) is 30.4 Å². The van der Waals surface area contributed by atoms with Crippen molar-refractivity contribution in [3.63, 3.8) is 0 Å². The Morgan fingerprint density at radius 1 is 1.10 bits per heavy atom. The van der Waals surface area contributed by atoms with Gasteiger partial charge >= 0.3 is 0 Å². The average Bonchev–Trinajstić information content (AvgIpc) is 3.29. The molecule has 2 aliphatic heterocycles. The van der Waals surface area contributed by atoms with E-state index in [4.69, 9.17) is 4.74 Å². The Balaban J connectivity index is 1.31. The van der Waals surface area contributed by atoms with Gasteiger partial charge in [-0.05, 0) is 66.9 Å². The highest BCUT2D eigenvalue weighted by Crippen LogP contribution is 2.32. The van der Waals surface area contributed by atoms with Crippen LogP contribution in [0, 0.1) is 5.41 Å². The summed E-state index contributed by atoms with van der Waals surface area (Å²) in [5, 5.41) is 14.4. The van der Waals surface area contributed by atoms with E-state index in [0.29, 0.717) is 6.42 Å². The number of tetrazole rings is 1. The van der Waals surface area contributed by atoms with E-state index < -0.39 is 0 Å². The number of aromatic nitrogens is 4. The summed E-state index contributed by atoms with van der Waals surface area (Å²) < 4.78 is 7.21. The Hall–Kier alpha value is -2.32. The lowest BCUT2D eigenvalue weighted by Crippen LogP contribution is -2.49. The van der Waals surface area contributed by atoms with E-state index in [2.05, 4.69) is 25.7 Å². The second kappa shape index (κ2) is 9.45. The van der Waals surface area contributed by atoms with Crippen LogP contribution in [0.15, 0.2) is 30.6 Å². The van der Waals surface area contributed by atoms with Crippen LogP contribution in [0.2, 0.25) is 0 Å². The van der Waals surface area contributed by atoms with Crippen molar-refractivity contribution in [2.75, 3.05) is 39.4 Å². The van der Waals surface area contributed by atoms with Gasteiger partial charge in [0.15, 0.2) is 0 Å². The fourth-order valence-corrected chi connectivity index (χ4v) is 4.37. The number of carbonyl (C=O) groups excluding carboxylic acids is 1. The molecule has 2 fully saturated rings. The molecule has 0 unspecified atom stereocenters. The fraction of sp³-hybridized carbons (Fsp3) is 0.619. The molecule has 1 aromatic heterocycles. The minimum atomic E-state index is 0.0738. The molecule has 29 heavy (non-hydrogen) atoms. The minimum absolute atomic E-state index is 0.0738. The Labute approximate surface area is 171 Å². The maximum atomic E-state index is 12.6. The van der Waals surface area contributed by atoms with Crippen molar-refractivity contribution in [3.8, 4) is 5.69 Å². The quantitative estimate of drug-likeness (QED) is 0.763. The molecule has 8 nitrogen and oxygen atoms in total. The number of ether oxygens (including phenoxy) is 1. The van der Waals surface area contributed by atoms with Gasteiger partial charge in [0.1, 0.15) is 6.33 Å². The fourth-order valence-electron chi connectivity index (χ4n) is 4.37. The van der Waals surface area contributed by atoms with E-state index in [0.717, 1.165) is 50.4 Å². The molecule has 1 amide bonds. The maximum absolute atomic E-state index is 12.6. The first-order chi connectivity index (χ1) is 14.2. The maximum Gasteiger partial charge on any atom is 0.224 e. The third kappa shape index (κ3) is 5.39. The summed E-state index contributed by atoms with van der Waals surface area (Å²) in [4.78, 5) is 15.2. The van der Waals surface area contributed by atoms with Crippen LogP contribution in [0.5, 0.6) is 0 Å². The van der Waals surface area contributed by atoms with Gasteiger partial charge in [-0.2, -0.15) is 0 Å². The molecule has 4 rings (SSSR count). The van der Waals surface area contributed by atoms with Gasteiger partial charge in [0, 0.05) is 31.7 Å². The van der Waals surface area contributed by atoms with E-state index >= 15 is 0 Å². The molecule has 1 aromatic carbocycles. The molecule has 0 radical (unpaired) electrons. The van der Waals surface area contributed by atoms with E-state index in [9.17, 15) is 4.79 Å². The lowest BCUT2D eigenvalue weighted by Gasteiger charge is -2.42. The predicted octanol–water partition coefficient (Wildman–Crippen LogP) is 1.60. The van der Waals surface area contributed by atoms with Crippen LogP contribution in [0.1, 0.15) is 37.7 Å². The van der Waals surface area contributed by atoms with Gasteiger partial charge in [-0.15, -0.1) is 5.10 Å². The van der Waals surface area contributed by atoms with E-state index in [1.807, 2.05) is 24.3 Å². The number of nitrogens with one attached hydrogen (secondary N) is 1. The van der Waals surface area contributed by atoms with Crippen molar-refractivity contribution in [3.05, 3.63) is 36.2 Å². The second-order valence-electron chi connectivity index (χ2n) is 8.32. The molecule has 2 aliphatic rings. The lowest BCUT2D eigenvalue weighted by molar-refractivity contribution is -0.121. The van der Waals surface area contributed by atoms with E-state index in [1.165, 1.54) is 32.4 Å². The predicted molar refractivity (Wildman–Crippen MR) is 109 cm³/mol. The van der Waals surface area contributed by atoms with Gasteiger partial charge in [-0.3, -0.25) is 4.79 Å². The second-order valence-corrected chi connectivity index (χ2v) is 8.32.